The van der Waals surface area contributed by atoms with E-state index in [1.165, 1.54) is 0 Å². The number of hydrogen-bond donors (Lipinski definition) is 5. The number of nitrogens with zero attached hydrogens (tertiary/aromatic N) is 1. The van der Waals surface area contributed by atoms with Crippen LogP contribution in [0, 0.1) is 6.92 Å². The van der Waals surface area contributed by atoms with E-state index in [4.69, 9.17) is 17.2 Å². The number of aryl methyl sites for hydroxylation is 1. The summed E-state index contributed by atoms with van der Waals surface area (Å²) >= 11 is 0. The second-order valence-electron chi connectivity index (χ2n) is 3.58. The molecule has 0 radical (unpaired) electrons. The first-order valence-electron chi connectivity index (χ1n) is 4.80. The number of anilines is 5. The number of nitrogens with one attached hydrogen (secondary N) is 2. The maximum Gasteiger partial charge on any atom is 0.169 e. The van der Waals surface area contributed by atoms with Crippen LogP contribution < -0.4 is 22.5 Å². The molecule has 1 aromatic carbocycles. The Kier molecular flexibility index (Phi) is 2.32. The average Bonchev–Trinajstić information content (AvgIpc) is 2.53. The average molecular weight is 218 g/mol. The number of nitrogens with two attached hydrogens (primary N) is 3. The van der Waals surface area contributed by atoms with Crippen molar-refractivity contribution < 1.29 is 0 Å². The third-order valence-electron chi connectivity index (χ3n) is 2.31. The monoisotopic (exact) mass is 218 g/mol. The molecule has 0 aliphatic carbocycles. The lowest BCUT2D eigenvalue weighted by Gasteiger charge is -2.09. The van der Waals surface area contributed by atoms with Crippen LogP contribution >= 0.6 is 0 Å². The highest BCUT2D eigenvalue weighted by Gasteiger charge is 2.08. The number of H-pyrrole nitrogens is 1. The Morgan fingerprint density at radius 1 is 1.25 bits per heavy atom. The Morgan fingerprint density at radius 3 is 2.56 bits per heavy atom. The quantitative estimate of drug-likeness (QED) is 0.485. The van der Waals surface area contributed by atoms with Crippen LogP contribution in [0.1, 0.15) is 5.69 Å². The van der Waals surface area contributed by atoms with Crippen molar-refractivity contribution in [2.24, 2.45) is 0 Å². The molecule has 6 nitrogen and oxygen atoms in total. The summed E-state index contributed by atoms with van der Waals surface area (Å²) in [5.74, 6) is 0.411. The van der Waals surface area contributed by atoms with E-state index in [9.17, 15) is 0 Å². The molecule has 0 saturated heterocycles. The number of hydrogen-bond acceptors (Lipinski definition) is 5. The molecule has 0 atom stereocenters. The minimum absolute atomic E-state index is 0.411. The molecule has 1 heterocycles. The van der Waals surface area contributed by atoms with Crippen LogP contribution in [0.4, 0.5) is 28.6 Å². The summed E-state index contributed by atoms with van der Waals surface area (Å²) in [4.78, 5) is 0. The third-order valence-corrected chi connectivity index (χ3v) is 2.31. The Hall–Kier alpha value is -2.37. The Morgan fingerprint density at radius 2 is 2.00 bits per heavy atom. The largest absolute Gasteiger partial charge is 0.399 e. The summed E-state index contributed by atoms with van der Waals surface area (Å²) in [7, 11) is 0. The Labute approximate surface area is 92.8 Å². The summed E-state index contributed by atoms with van der Waals surface area (Å²) in [5.41, 5.74) is 20.7. The fraction of sp³-hybridized carbons (Fsp3) is 0.100. The van der Waals surface area contributed by atoms with E-state index in [1.54, 1.807) is 18.2 Å². The van der Waals surface area contributed by atoms with Crippen molar-refractivity contribution in [1.29, 1.82) is 0 Å². The van der Waals surface area contributed by atoms with E-state index in [-0.39, 0.29) is 0 Å². The van der Waals surface area contributed by atoms with E-state index < -0.39 is 0 Å². The zero-order chi connectivity index (χ0) is 11.7. The molecule has 0 aliphatic rings. The van der Waals surface area contributed by atoms with Crippen LogP contribution in [0.5, 0.6) is 0 Å². The highest BCUT2D eigenvalue weighted by atomic mass is 15.2. The summed E-state index contributed by atoms with van der Waals surface area (Å²) in [6.45, 7) is 1.87. The second kappa shape index (κ2) is 3.65. The molecule has 1 aromatic heterocycles. The summed E-state index contributed by atoms with van der Waals surface area (Å²) < 4.78 is 0. The van der Waals surface area contributed by atoms with Crippen molar-refractivity contribution in [3.05, 3.63) is 23.9 Å². The van der Waals surface area contributed by atoms with Gasteiger partial charge in [-0.25, -0.2) is 0 Å². The van der Waals surface area contributed by atoms with E-state index in [1.807, 2.05) is 6.92 Å². The van der Waals surface area contributed by atoms with Gasteiger partial charge < -0.3 is 22.5 Å². The highest BCUT2D eigenvalue weighted by Crippen LogP contribution is 2.28. The fourth-order valence-electron chi connectivity index (χ4n) is 1.44. The zero-order valence-electron chi connectivity index (χ0n) is 8.91. The molecule has 0 unspecified atom stereocenters. The van der Waals surface area contributed by atoms with Gasteiger partial charge in [-0.1, -0.05) is 0 Å². The van der Waals surface area contributed by atoms with Crippen LogP contribution in [-0.2, 0) is 0 Å². The number of aromatic nitrogens is 2. The van der Waals surface area contributed by atoms with E-state index in [0.29, 0.717) is 17.2 Å². The van der Waals surface area contributed by atoms with Gasteiger partial charge in [-0.2, -0.15) is 5.10 Å². The Bertz CT molecular complexity index is 497. The van der Waals surface area contributed by atoms with Gasteiger partial charge in [0.1, 0.15) is 5.69 Å². The lowest BCUT2D eigenvalue weighted by Crippen LogP contribution is -2.00. The molecule has 2 aromatic rings. The number of nitrogen functional groups attached to an aromatic ring is 3. The molecule has 0 amide bonds. The maximum atomic E-state index is 5.82. The highest BCUT2D eigenvalue weighted by molar-refractivity contribution is 5.80. The first kappa shape index (κ1) is 10.2. The number of benzene rings is 1. The Balaban J connectivity index is 2.34. The molecule has 0 spiro atoms. The minimum atomic E-state index is 0.411. The summed E-state index contributed by atoms with van der Waals surface area (Å²) in [6.07, 6.45) is 0. The zero-order valence-corrected chi connectivity index (χ0v) is 8.91. The van der Waals surface area contributed by atoms with Crippen LogP contribution in [0.3, 0.4) is 0 Å². The standard InChI is InChI=1S/C10H14N6/c1-5-9(10(13)16-15-5)14-8-3-2-6(11)4-7(8)12/h2-4,14H,11-12H2,1H3,(H3,13,15,16). The minimum Gasteiger partial charge on any atom is -0.399 e. The topological polar surface area (TPSA) is 119 Å². The third kappa shape index (κ3) is 1.72. The van der Waals surface area contributed by atoms with Crippen molar-refractivity contribution >= 4 is 28.6 Å². The molecule has 6 heteroatoms. The summed E-state index contributed by atoms with van der Waals surface area (Å²) in [5, 5.41) is 9.79. The predicted octanol–water partition coefficient (Wildman–Crippen LogP) is 1.21. The van der Waals surface area contributed by atoms with E-state index >= 15 is 0 Å². The van der Waals surface area contributed by atoms with Crippen molar-refractivity contribution in [3.8, 4) is 0 Å². The van der Waals surface area contributed by atoms with E-state index in [0.717, 1.165) is 17.1 Å². The lowest BCUT2D eigenvalue weighted by atomic mass is 10.2. The van der Waals surface area contributed by atoms with Gasteiger partial charge in [0, 0.05) is 5.69 Å². The molecule has 0 aliphatic heterocycles. The molecule has 0 bridgehead atoms. The lowest BCUT2D eigenvalue weighted by molar-refractivity contribution is 1.05. The van der Waals surface area contributed by atoms with Crippen molar-refractivity contribution in [2.45, 2.75) is 6.92 Å². The van der Waals surface area contributed by atoms with Gasteiger partial charge in [0.05, 0.1) is 17.1 Å². The molecule has 16 heavy (non-hydrogen) atoms. The molecule has 0 fully saturated rings. The van der Waals surface area contributed by atoms with Gasteiger partial charge in [0.25, 0.3) is 0 Å². The van der Waals surface area contributed by atoms with Gasteiger partial charge in [0.15, 0.2) is 5.82 Å². The number of aromatic amines is 1. The molecule has 2 rings (SSSR count). The van der Waals surface area contributed by atoms with Crippen LogP contribution in [-0.4, -0.2) is 10.2 Å². The maximum absolute atomic E-state index is 5.82. The van der Waals surface area contributed by atoms with Gasteiger partial charge in [-0.3, -0.25) is 5.10 Å². The SMILES string of the molecule is Cc1[nH]nc(N)c1Nc1ccc(N)cc1N. The van der Waals surface area contributed by atoms with Gasteiger partial charge in [0.2, 0.25) is 0 Å². The normalized spacial score (nSPS) is 10.3. The first-order valence-corrected chi connectivity index (χ1v) is 4.80. The van der Waals surface area contributed by atoms with E-state index in [2.05, 4.69) is 15.5 Å². The molecule has 84 valence electrons. The van der Waals surface area contributed by atoms with Crippen molar-refractivity contribution in [1.82, 2.24) is 10.2 Å². The molecular weight excluding hydrogens is 204 g/mol. The molecule has 8 N–H and O–H groups in total. The van der Waals surface area contributed by atoms with Crippen LogP contribution in [0.2, 0.25) is 0 Å². The predicted molar refractivity (Wildman–Crippen MR) is 66.3 cm³/mol. The fourth-order valence-corrected chi connectivity index (χ4v) is 1.44. The molecular formula is C10H14N6. The van der Waals surface area contributed by atoms with Gasteiger partial charge >= 0.3 is 0 Å². The molecule has 0 saturated carbocycles. The van der Waals surface area contributed by atoms with Gasteiger partial charge in [-0.05, 0) is 25.1 Å². The van der Waals surface area contributed by atoms with Crippen molar-refractivity contribution in [2.75, 3.05) is 22.5 Å². The van der Waals surface area contributed by atoms with Crippen molar-refractivity contribution in [3.63, 3.8) is 0 Å². The van der Waals surface area contributed by atoms with Crippen LogP contribution in [0.25, 0.3) is 0 Å². The first-order chi connectivity index (χ1) is 7.58. The van der Waals surface area contributed by atoms with Gasteiger partial charge in [-0.15, -0.1) is 0 Å². The van der Waals surface area contributed by atoms with Crippen LogP contribution in [0.15, 0.2) is 18.2 Å². The smallest absolute Gasteiger partial charge is 0.169 e. The number of rotatable bonds is 2. The second-order valence-corrected chi connectivity index (χ2v) is 3.58. The summed E-state index contributed by atoms with van der Waals surface area (Å²) in [6, 6.07) is 5.26.